The molecule has 0 aromatic heterocycles. The van der Waals surface area contributed by atoms with Gasteiger partial charge in [-0.1, -0.05) is 18.7 Å². The Morgan fingerprint density at radius 1 is 1.21 bits per heavy atom. The van der Waals surface area contributed by atoms with Gasteiger partial charge in [0.05, 0.1) is 24.3 Å². The number of methoxy groups -OCH3 is 1. The van der Waals surface area contributed by atoms with E-state index in [1.807, 2.05) is 43.3 Å². The van der Waals surface area contributed by atoms with Crippen molar-refractivity contribution in [2.24, 2.45) is 0 Å². The van der Waals surface area contributed by atoms with Gasteiger partial charge in [-0.25, -0.2) is 0 Å². The number of benzene rings is 2. The molecular formula is C23H31ClN5O3P. The number of hydrogen-bond donors (Lipinski definition) is 5. The third-order valence-corrected chi connectivity index (χ3v) is 7.27. The highest BCUT2D eigenvalue weighted by molar-refractivity contribution is 7.70. The zero-order chi connectivity index (χ0) is 24.2. The molecule has 10 heteroatoms. The van der Waals surface area contributed by atoms with Gasteiger partial charge in [0, 0.05) is 23.2 Å². The molecule has 1 amide bonds. The third-order valence-electron chi connectivity index (χ3n) is 5.31. The number of para-hydroxylation sites is 1. The van der Waals surface area contributed by atoms with Crippen LogP contribution in [0.4, 0.5) is 17.1 Å². The summed E-state index contributed by atoms with van der Waals surface area (Å²) < 4.78 is 18.3. The second-order valence-corrected chi connectivity index (χ2v) is 12.0. The number of halogens is 1. The molecule has 3 rings (SSSR count). The van der Waals surface area contributed by atoms with E-state index in [9.17, 15) is 9.36 Å². The van der Waals surface area contributed by atoms with E-state index in [1.165, 1.54) is 6.08 Å². The first-order valence-electron chi connectivity index (χ1n) is 10.6. The van der Waals surface area contributed by atoms with E-state index in [0.717, 1.165) is 16.6 Å². The van der Waals surface area contributed by atoms with Crippen molar-refractivity contribution in [2.45, 2.75) is 24.8 Å². The standard InChI is InChI=1S/C23H31ClN5O3P/c1-6-21(30)26-17-12-18(19(32-3)11-14(17)2)28-23-25-13-15(24)22(29-23)27-16-9-7-8-10-20(16)33(4,5)31/h6-12,15,22-23,25,27-29H,1,13H2,2-5H3,(H,26,30). The number of aryl methyl sites for hydroxylation is 1. The molecule has 178 valence electrons. The molecular weight excluding hydrogens is 461 g/mol. The van der Waals surface area contributed by atoms with Crippen LogP contribution in [-0.2, 0) is 9.36 Å². The Labute approximate surface area is 199 Å². The third kappa shape index (κ3) is 6.30. The summed E-state index contributed by atoms with van der Waals surface area (Å²) in [6, 6.07) is 11.2. The summed E-state index contributed by atoms with van der Waals surface area (Å²) in [7, 11) is -0.880. The first kappa shape index (κ1) is 25.1. The molecule has 1 fully saturated rings. The van der Waals surface area contributed by atoms with Crippen LogP contribution in [0.15, 0.2) is 49.1 Å². The van der Waals surface area contributed by atoms with Gasteiger partial charge in [0.1, 0.15) is 19.2 Å². The summed E-state index contributed by atoms with van der Waals surface area (Å²) in [5.41, 5.74) is 2.99. The maximum Gasteiger partial charge on any atom is 0.247 e. The van der Waals surface area contributed by atoms with Gasteiger partial charge in [0.15, 0.2) is 0 Å². The van der Waals surface area contributed by atoms with Crippen LogP contribution in [0.3, 0.4) is 0 Å². The lowest BCUT2D eigenvalue weighted by molar-refractivity contribution is -0.111. The minimum Gasteiger partial charge on any atom is -0.495 e. The molecule has 2 aromatic carbocycles. The molecule has 0 aliphatic carbocycles. The van der Waals surface area contributed by atoms with E-state index in [2.05, 4.69) is 33.2 Å². The average molecular weight is 492 g/mol. The number of rotatable bonds is 8. The zero-order valence-electron chi connectivity index (χ0n) is 19.2. The lowest BCUT2D eigenvalue weighted by atomic mass is 10.1. The molecule has 0 bridgehead atoms. The number of anilines is 3. The van der Waals surface area contributed by atoms with Crippen LogP contribution in [0.5, 0.6) is 5.75 Å². The van der Waals surface area contributed by atoms with E-state index in [0.29, 0.717) is 23.7 Å². The van der Waals surface area contributed by atoms with Crippen molar-refractivity contribution in [3.05, 3.63) is 54.6 Å². The Balaban J connectivity index is 1.80. The van der Waals surface area contributed by atoms with Crippen LogP contribution < -0.4 is 36.6 Å². The van der Waals surface area contributed by atoms with Gasteiger partial charge in [-0.05, 0) is 56.2 Å². The van der Waals surface area contributed by atoms with Gasteiger partial charge in [0.2, 0.25) is 5.91 Å². The highest BCUT2D eigenvalue weighted by Gasteiger charge is 2.30. The van der Waals surface area contributed by atoms with Crippen LogP contribution in [0.2, 0.25) is 0 Å². The quantitative estimate of drug-likeness (QED) is 0.219. The summed E-state index contributed by atoms with van der Waals surface area (Å²) in [6.45, 7) is 9.41. The number of ether oxygens (including phenoxy) is 1. The van der Waals surface area contributed by atoms with E-state index in [-0.39, 0.29) is 23.7 Å². The summed E-state index contributed by atoms with van der Waals surface area (Å²) in [4.78, 5) is 11.8. The fourth-order valence-corrected chi connectivity index (χ4v) is 4.97. The van der Waals surface area contributed by atoms with Crippen molar-refractivity contribution in [2.75, 3.05) is 42.9 Å². The average Bonchev–Trinajstić information content (AvgIpc) is 2.77. The highest BCUT2D eigenvalue weighted by atomic mass is 35.5. The molecule has 0 radical (unpaired) electrons. The number of amides is 1. The molecule has 8 nitrogen and oxygen atoms in total. The first-order chi connectivity index (χ1) is 15.6. The maximum absolute atomic E-state index is 12.7. The monoisotopic (exact) mass is 491 g/mol. The SMILES string of the molecule is C=CC(=O)Nc1cc(NC2NCC(Cl)C(Nc3ccccc3P(C)(C)=O)N2)c(OC)cc1C. The second-order valence-electron chi connectivity index (χ2n) is 8.22. The van der Waals surface area contributed by atoms with E-state index in [4.69, 9.17) is 16.3 Å². The Morgan fingerprint density at radius 2 is 1.94 bits per heavy atom. The van der Waals surface area contributed by atoms with Crippen molar-refractivity contribution in [1.29, 1.82) is 0 Å². The van der Waals surface area contributed by atoms with Crippen molar-refractivity contribution < 1.29 is 14.1 Å². The van der Waals surface area contributed by atoms with Gasteiger partial charge >= 0.3 is 0 Å². The van der Waals surface area contributed by atoms with Gasteiger partial charge in [-0.15, -0.1) is 11.6 Å². The fourth-order valence-electron chi connectivity index (χ4n) is 3.59. The van der Waals surface area contributed by atoms with Gasteiger partial charge < -0.3 is 25.3 Å². The van der Waals surface area contributed by atoms with Crippen LogP contribution >= 0.6 is 18.7 Å². The number of carbonyl (C=O) groups is 1. The van der Waals surface area contributed by atoms with Crippen molar-refractivity contribution in [3.63, 3.8) is 0 Å². The predicted octanol–water partition coefficient (Wildman–Crippen LogP) is 3.31. The summed E-state index contributed by atoms with van der Waals surface area (Å²) in [6.07, 6.45) is 0.579. The number of alkyl halides is 1. The minimum atomic E-state index is -2.47. The van der Waals surface area contributed by atoms with E-state index in [1.54, 1.807) is 20.4 Å². The maximum atomic E-state index is 12.7. The van der Waals surface area contributed by atoms with Gasteiger partial charge in [0.25, 0.3) is 0 Å². The normalized spacial score (nSPS) is 20.6. The van der Waals surface area contributed by atoms with Crippen LogP contribution in [0.1, 0.15) is 5.56 Å². The zero-order valence-corrected chi connectivity index (χ0v) is 20.9. The molecule has 3 unspecified atom stereocenters. The largest absolute Gasteiger partial charge is 0.495 e. The molecule has 1 saturated heterocycles. The smallest absolute Gasteiger partial charge is 0.247 e. The van der Waals surface area contributed by atoms with E-state index < -0.39 is 7.14 Å². The summed E-state index contributed by atoms with van der Waals surface area (Å²) >= 11 is 6.58. The van der Waals surface area contributed by atoms with Crippen LogP contribution in [-0.4, -0.2) is 50.7 Å². The molecule has 5 N–H and O–H groups in total. The molecule has 1 heterocycles. The number of carbonyl (C=O) groups excluding carboxylic acids is 1. The number of hydrogen-bond acceptors (Lipinski definition) is 7. The van der Waals surface area contributed by atoms with Crippen LogP contribution in [0, 0.1) is 6.92 Å². The molecule has 1 aliphatic rings. The topological polar surface area (TPSA) is 104 Å². The first-order valence-corrected chi connectivity index (χ1v) is 13.6. The molecule has 0 spiro atoms. The Hall–Kier alpha value is -2.51. The lowest BCUT2D eigenvalue weighted by Crippen LogP contribution is -2.64. The van der Waals surface area contributed by atoms with E-state index >= 15 is 0 Å². The Morgan fingerprint density at radius 3 is 2.61 bits per heavy atom. The Kier molecular flexibility index (Phi) is 8.08. The highest BCUT2D eigenvalue weighted by Crippen LogP contribution is 2.38. The van der Waals surface area contributed by atoms with Crippen molar-refractivity contribution in [3.8, 4) is 5.75 Å². The van der Waals surface area contributed by atoms with Crippen LogP contribution in [0.25, 0.3) is 0 Å². The molecule has 0 saturated carbocycles. The fraction of sp³-hybridized carbons (Fsp3) is 0.348. The second kappa shape index (κ2) is 10.6. The molecule has 33 heavy (non-hydrogen) atoms. The van der Waals surface area contributed by atoms with Crippen molar-refractivity contribution in [1.82, 2.24) is 10.6 Å². The van der Waals surface area contributed by atoms with Gasteiger partial charge in [-0.3, -0.25) is 15.4 Å². The summed E-state index contributed by atoms with van der Waals surface area (Å²) in [5, 5.41) is 16.8. The number of nitrogens with one attached hydrogen (secondary N) is 5. The molecule has 1 aliphatic heterocycles. The van der Waals surface area contributed by atoms with Crippen molar-refractivity contribution >= 4 is 47.0 Å². The molecule has 2 aromatic rings. The van der Waals surface area contributed by atoms with Gasteiger partial charge in [-0.2, -0.15) is 0 Å². The molecule has 3 atom stereocenters. The lowest BCUT2D eigenvalue weighted by Gasteiger charge is -2.37. The Bertz CT molecular complexity index is 1070. The predicted molar refractivity (Wildman–Crippen MR) is 138 cm³/mol. The summed E-state index contributed by atoms with van der Waals surface area (Å²) in [5.74, 6) is 0.341. The minimum absolute atomic E-state index is 0.258.